The molecular formula is C18H22F2N4O. The van der Waals surface area contributed by atoms with E-state index in [1.807, 2.05) is 19.4 Å². The smallest absolute Gasteiger partial charge is 0.234 e. The zero-order chi connectivity index (χ0) is 17.8. The van der Waals surface area contributed by atoms with Crippen LogP contribution in [0.5, 0.6) is 0 Å². The minimum atomic E-state index is -0.637. The van der Waals surface area contributed by atoms with E-state index < -0.39 is 11.6 Å². The molecule has 134 valence electrons. The van der Waals surface area contributed by atoms with Gasteiger partial charge in [0.2, 0.25) is 5.91 Å². The van der Waals surface area contributed by atoms with E-state index in [-0.39, 0.29) is 12.5 Å². The average molecular weight is 348 g/mol. The fourth-order valence-corrected chi connectivity index (χ4v) is 3.31. The van der Waals surface area contributed by atoms with E-state index in [0.717, 1.165) is 32.0 Å². The van der Waals surface area contributed by atoms with Gasteiger partial charge in [0.1, 0.15) is 11.6 Å². The van der Waals surface area contributed by atoms with Crippen molar-refractivity contribution >= 4 is 5.91 Å². The number of aryl methyl sites for hydroxylation is 1. The number of carbonyl (C=O) groups excluding carboxylic acids is 1. The Bertz CT molecular complexity index is 726. The van der Waals surface area contributed by atoms with Gasteiger partial charge in [0.15, 0.2) is 0 Å². The van der Waals surface area contributed by atoms with E-state index >= 15 is 0 Å². The molecule has 2 heterocycles. The van der Waals surface area contributed by atoms with Crippen LogP contribution >= 0.6 is 0 Å². The lowest BCUT2D eigenvalue weighted by atomic mass is 10.0. The normalized spacial score (nSPS) is 17.8. The Balaban J connectivity index is 1.42. The van der Waals surface area contributed by atoms with Crippen molar-refractivity contribution in [1.29, 1.82) is 0 Å². The van der Waals surface area contributed by atoms with Gasteiger partial charge < -0.3 is 5.32 Å². The van der Waals surface area contributed by atoms with Gasteiger partial charge in [-0.2, -0.15) is 5.10 Å². The molecule has 0 saturated carbocycles. The molecule has 3 rings (SSSR count). The summed E-state index contributed by atoms with van der Waals surface area (Å²) in [6.45, 7) is 2.19. The SMILES string of the molecule is Cn1cc(CC2CCN(CC(=O)NCc3cc(F)cc(F)c3)C2)cn1. The maximum Gasteiger partial charge on any atom is 0.234 e. The highest BCUT2D eigenvalue weighted by molar-refractivity contribution is 5.78. The molecule has 0 spiro atoms. The van der Waals surface area contributed by atoms with Crippen LogP contribution in [0.15, 0.2) is 30.6 Å². The van der Waals surface area contributed by atoms with Crippen molar-refractivity contribution < 1.29 is 13.6 Å². The quantitative estimate of drug-likeness (QED) is 0.867. The second-order valence-electron chi connectivity index (χ2n) is 6.67. The highest BCUT2D eigenvalue weighted by atomic mass is 19.1. The van der Waals surface area contributed by atoms with Crippen LogP contribution in [-0.4, -0.2) is 40.2 Å². The second-order valence-corrected chi connectivity index (χ2v) is 6.67. The second kappa shape index (κ2) is 7.74. The van der Waals surface area contributed by atoms with Gasteiger partial charge in [-0.05, 0) is 48.6 Å². The van der Waals surface area contributed by atoms with Gasteiger partial charge in [-0.1, -0.05) is 0 Å². The molecule has 1 aromatic carbocycles. The molecule has 1 N–H and O–H groups in total. The molecule has 7 heteroatoms. The third-order valence-corrected chi connectivity index (χ3v) is 4.43. The Labute approximate surface area is 145 Å². The summed E-state index contributed by atoms with van der Waals surface area (Å²) in [6, 6.07) is 3.27. The molecule has 1 saturated heterocycles. The Kier molecular flexibility index (Phi) is 5.43. The van der Waals surface area contributed by atoms with E-state index in [1.54, 1.807) is 4.68 Å². The van der Waals surface area contributed by atoms with E-state index in [4.69, 9.17) is 0 Å². The van der Waals surface area contributed by atoms with Crippen LogP contribution in [0.3, 0.4) is 0 Å². The lowest BCUT2D eigenvalue weighted by Crippen LogP contribution is -2.35. The predicted octanol–water partition coefficient (Wildman–Crippen LogP) is 1.88. The largest absolute Gasteiger partial charge is 0.351 e. The number of halogens is 2. The zero-order valence-corrected chi connectivity index (χ0v) is 14.2. The summed E-state index contributed by atoms with van der Waals surface area (Å²) in [5.41, 5.74) is 1.63. The molecule has 1 aromatic heterocycles. The summed E-state index contributed by atoms with van der Waals surface area (Å²) >= 11 is 0. The van der Waals surface area contributed by atoms with Gasteiger partial charge >= 0.3 is 0 Å². The van der Waals surface area contributed by atoms with Crippen LogP contribution in [0.25, 0.3) is 0 Å². The first-order chi connectivity index (χ1) is 12.0. The number of hydrogen-bond donors (Lipinski definition) is 1. The topological polar surface area (TPSA) is 50.2 Å². The highest BCUT2D eigenvalue weighted by Gasteiger charge is 2.24. The van der Waals surface area contributed by atoms with Gasteiger partial charge in [-0.3, -0.25) is 14.4 Å². The highest BCUT2D eigenvalue weighted by Crippen LogP contribution is 2.20. The van der Waals surface area contributed by atoms with Crippen molar-refractivity contribution in [3.8, 4) is 0 Å². The average Bonchev–Trinajstić information content (AvgIpc) is 3.14. The van der Waals surface area contributed by atoms with Gasteiger partial charge in [-0.25, -0.2) is 8.78 Å². The molecule has 1 aliphatic heterocycles. The van der Waals surface area contributed by atoms with Crippen LogP contribution < -0.4 is 5.32 Å². The lowest BCUT2D eigenvalue weighted by molar-refractivity contribution is -0.122. The number of benzene rings is 1. The minimum Gasteiger partial charge on any atom is -0.351 e. The standard InChI is InChI=1S/C18H22F2N4O/c1-23-10-15(9-22-23)4-13-2-3-24(11-13)12-18(25)21-8-14-5-16(19)7-17(20)6-14/h5-7,9-10,13H,2-4,8,11-12H2,1H3,(H,21,25). The zero-order valence-electron chi connectivity index (χ0n) is 14.2. The first kappa shape index (κ1) is 17.5. The Morgan fingerprint density at radius 1 is 1.28 bits per heavy atom. The molecule has 5 nitrogen and oxygen atoms in total. The van der Waals surface area contributed by atoms with E-state index in [9.17, 15) is 13.6 Å². The lowest BCUT2D eigenvalue weighted by Gasteiger charge is -2.15. The Morgan fingerprint density at radius 2 is 2.04 bits per heavy atom. The van der Waals surface area contributed by atoms with Crippen LogP contribution in [0.4, 0.5) is 8.78 Å². The molecule has 1 amide bonds. The monoisotopic (exact) mass is 348 g/mol. The fraction of sp³-hybridized carbons (Fsp3) is 0.444. The van der Waals surface area contributed by atoms with Gasteiger partial charge in [0.05, 0.1) is 12.7 Å². The van der Waals surface area contributed by atoms with Crippen LogP contribution in [-0.2, 0) is 24.8 Å². The van der Waals surface area contributed by atoms with Crippen molar-refractivity contribution in [3.05, 3.63) is 53.4 Å². The Hall–Kier alpha value is -2.28. The van der Waals surface area contributed by atoms with Crippen LogP contribution in [0, 0.1) is 17.6 Å². The first-order valence-corrected chi connectivity index (χ1v) is 8.39. The van der Waals surface area contributed by atoms with Gasteiger partial charge in [0.25, 0.3) is 0 Å². The number of amides is 1. The number of nitrogens with one attached hydrogen (secondary N) is 1. The van der Waals surface area contributed by atoms with Gasteiger partial charge in [-0.15, -0.1) is 0 Å². The van der Waals surface area contributed by atoms with E-state index in [1.165, 1.54) is 17.7 Å². The molecule has 25 heavy (non-hydrogen) atoms. The molecule has 1 unspecified atom stereocenters. The van der Waals surface area contributed by atoms with Crippen molar-refractivity contribution in [1.82, 2.24) is 20.0 Å². The van der Waals surface area contributed by atoms with Crippen molar-refractivity contribution in [2.45, 2.75) is 19.4 Å². The Morgan fingerprint density at radius 3 is 2.72 bits per heavy atom. The minimum absolute atomic E-state index is 0.125. The van der Waals surface area contributed by atoms with Crippen LogP contribution in [0.1, 0.15) is 17.5 Å². The fourth-order valence-electron chi connectivity index (χ4n) is 3.31. The molecule has 2 aromatic rings. The number of aromatic nitrogens is 2. The number of likely N-dealkylation sites (tertiary alicyclic amines) is 1. The summed E-state index contributed by atoms with van der Waals surface area (Å²) in [5, 5.41) is 6.90. The molecule has 0 bridgehead atoms. The summed E-state index contributed by atoms with van der Waals surface area (Å²) in [6.07, 6.45) is 5.92. The molecule has 1 fully saturated rings. The summed E-state index contributed by atoms with van der Waals surface area (Å²) in [4.78, 5) is 14.2. The maximum absolute atomic E-state index is 13.1. The number of nitrogens with zero attached hydrogens (tertiary/aromatic N) is 3. The summed E-state index contributed by atoms with van der Waals surface area (Å²) in [5.74, 6) is -0.884. The van der Waals surface area contributed by atoms with E-state index in [2.05, 4.69) is 15.3 Å². The summed E-state index contributed by atoms with van der Waals surface area (Å²) < 4.78 is 28.1. The van der Waals surface area contributed by atoms with Crippen molar-refractivity contribution in [2.24, 2.45) is 13.0 Å². The van der Waals surface area contributed by atoms with Crippen LogP contribution in [0.2, 0.25) is 0 Å². The third-order valence-electron chi connectivity index (χ3n) is 4.43. The molecule has 0 aliphatic carbocycles. The molecule has 1 aliphatic rings. The molecular weight excluding hydrogens is 326 g/mol. The van der Waals surface area contributed by atoms with E-state index in [0.29, 0.717) is 18.0 Å². The number of carbonyl (C=O) groups is 1. The summed E-state index contributed by atoms with van der Waals surface area (Å²) in [7, 11) is 1.90. The first-order valence-electron chi connectivity index (χ1n) is 8.39. The van der Waals surface area contributed by atoms with Gasteiger partial charge in [0, 0.05) is 32.4 Å². The van der Waals surface area contributed by atoms with Crippen molar-refractivity contribution in [3.63, 3.8) is 0 Å². The number of hydrogen-bond acceptors (Lipinski definition) is 3. The third kappa shape index (κ3) is 5.09. The molecule has 1 atom stereocenters. The molecule has 0 radical (unpaired) electrons. The maximum atomic E-state index is 13.1. The predicted molar refractivity (Wildman–Crippen MR) is 89.7 cm³/mol. The van der Waals surface area contributed by atoms with Crippen molar-refractivity contribution in [2.75, 3.05) is 19.6 Å². The number of rotatable bonds is 6.